The monoisotopic (exact) mass is 160 g/mol. The zero-order valence-corrected chi connectivity index (χ0v) is 7.08. The zero-order chi connectivity index (χ0) is 9.23. The minimum Gasteiger partial charge on any atom is -0.198 e. The third-order valence-corrected chi connectivity index (χ3v) is 1.47. The van der Waals surface area contributed by atoms with Crippen molar-refractivity contribution in [3.8, 4) is 12.1 Å². The van der Waals surface area contributed by atoms with E-state index < -0.39 is 0 Å². The first kappa shape index (κ1) is 10.5. The van der Waals surface area contributed by atoms with E-state index in [0.717, 1.165) is 18.4 Å². The first-order chi connectivity index (χ1) is 5.85. The molecule has 2 nitrogen and oxygen atoms in total. The van der Waals surface area contributed by atoms with Crippen LogP contribution in [0.1, 0.15) is 25.7 Å². The second-order valence-corrected chi connectivity index (χ2v) is 2.38. The summed E-state index contributed by atoms with van der Waals surface area (Å²) in [4.78, 5) is 0. The number of hydrogen-bond acceptors (Lipinski definition) is 2. The van der Waals surface area contributed by atoms with Crippen molar-refractivity contribution in [2.45, 2.75) is 25.7 Å². The van der Waals surface area contributed by atoms with E-state index in [-0.39, 0.29) is 0 Å². The van der Waals surface area contributed by atoms with Crippen molar-refractivity contribution < 1.29 is 0 Å². The minimum atomic E-state index is 0.519. The van der Waals surface area contributed by atoms with E-state index in [9.17, 15) is 0 Å². The lowest BCUT2D eigenvalue weighted by atomic mass is 10.1. The smallest absolute Gasteiger partial charge is 0.0625 e. The molecule has 0 radical (unpaired) electrons. The molecule has 0 rings (SSSR count). The Morgan fingerprint density at radius 2 is 1.67 bits per heavy atom. The van der Waals surface area contributed by atoms with Gasteiger partial charge in [0, 0.05) is 12.8 Å². The summed E-state index contributed by atoms with van der Waals surface area (Å²) in [5.74, 6) is 0. The van der Waals surface area contributed by atoms with E-state index in [4.69, 9.17) is 10.5 Å². The van der Waals surface area contributed by atoms with Gasteiger partial charge in [-0.05, 0) is 12.8 Å². The third-order valence-electron chi connectivity index (χ3n) is 1.47. The maximum absolute atomic E-state index is 8.34. The Morgan fingerprint density at radius 1 is 1.17 bits per heavy atom. The van der Waals surface area contributed by atoms with Crippen LogP contribution in [-0.4, -0.2) is 0 Å². The van der Waals surface area contributed by atoms with Crippen LogP contribution in [0.2, 0.25) is 0 Å². The van der Waals surface area contributed by atoms with Gasteiger partial charge in [0.05, 0.1) is 12.1 Å². The van der Waals surface area contributed by atoms with Gasteiger partial charge < -0.3 is 0 Å². The molecule has 0 aromatic carbocycles. The maximum Gasteiger partial charge on any atom is 0.0625 e. The summed E-state index contributed by atoms with van der Waals surface area (Å²) < 4.78 is 0. The lowest BCUT2D eigenvalue weighted by Gasteiger charge is -1.99. The van der Waals surface area contributed by atoms with Crippen LogP contribution in [0, 0.1) is 22.7 Å². The van der Waals surface area contributed by atoms with Crippen LogP contribution in [0.5, 0.6) is 0 Å². The van der Waals surface area contributed by atoms with Crippen LogP contribution >= 0.6 is 0 Å². The molecular formula is C10H12N2. The fourth-order valence-electron chi connectivity index (χ4n) is 0.891. The molecule has 0 aliphatic rings. The lowest BCUT2D eigenvalue weighted by Crippen LogP contribution is -1.82. The maximum atomic E-state index is 8.34. The Labute approximate surface area is 73.4 Å². The van der Waals surface area contributed by atoms with Crippen LogP contribution in [-0.2, 0) is 0 Å². The van der Waals surface area contributed by atoms with Gasteiger partial charge in [-0.3, -0.25) is 0 Å². The van der Waals surface area contributed by atoms with Crippen molar-refractivity contribution in [1.82, 2.24) is 0 Å². The molecule has 0 aromatic rings. The minimum absolute atomic E-state index is 0.519. The summed E-state index contributed by atoms with van der Waals surface area (Å²) in [6.07, 6.45) is 6.13. The second-order valence-electron chi connectivity index (χ2n) is 2.38. The summed E-state index contributed by atoms with van der Waals surface area (Å²) in [5, 5.41) is 16.7. The van der Waals surface area contributed by atoms with E-state index >= 15 is 0 Å². The van der Waals surface area contributed by atoms with Crippen LogP contribution in [0.15, 0.2) is 24.3 Å². The molecule has 0 saturated heterocycles. The fourth-order valence-corrected chi connectivity index (χ4v) is 0.891. The molecule has 0 bridgehead atoms. The quantitative estimate of drug-likeness (QED) is 0.580. The Kier molecular flexibility index (Phi) is 6.59. The Balaban J connectivity index is 3.90. The van der Waals surface area contributed by atoms with E-state index in [2.05, 4.69) is 18.7 Å². The molecule has 62 valence electrons. The van der Waals surface area contributed by atoms with Crippen molar-refractivity contribution in [1.29, 1.82) is 10.5 Å². The van der Waals surface area contributed by atoms with Crippen molar-refractivity contribution in [3.05, 3.63) is 24.3 Å². The first-order valence-corrected chi connectivity index (χ1v) is 3.89. The predicted octanol–water partition coefficient (Wildman–Crippen LogP) is 2.71. The second kappa shape index (κ2) is 7.57. The molecule has 0 spiro atoms. The summed E-state index contributed by atoms with van der Waals surface area (Å²) in [6, 6.07) is 4.15. The molecule has 0 atom stereocenters. The van der Waals surface area contributed by atoms with Gasteiger partial charge in [-0.15, -0.1) is 0 Å². The molecule has 0 aromatic heterocycles. The van der Waals surface area contributed by atoms with Crippen LogP contribution in [0.3, 0.4) is 0 Å². The molecular weight excluding hydrogens is 148 g/mol. The van der Waals surface area contributed by atoms with Gasteiger partial charge >= 0.3 is 0 Å². The topological polar surface area (TPSA) is 47.6 Å². The van der Waals surface area contributed by atoms with Crippen molar-refractivity contribution in [2.75, 3.05) is 0 Å². The van der Waals surface area contributed by atoms with Gasteiger partial charge in [0.1, 0.15) is 0 Å². The largest absolute Gasteiger partial charge is 0.198 e. The van der Waals surface area contributed by atoms with Crippen molar-refractivity contribution in [3.63, 3.8) is 0 Å². The normalized spacial score (nSPS) is 7.83. The number of rotatable bonds is 5. The molecule has 0 saturated carbocycles. The predicted molar refractivity (Wildman–Crippen MR) is 48.0 cm³/mol. The van der Waals surface area contributed by atoms with Gasteiger partial charge in [0.15, 0.2) is 0 Å². The molecule has 0 aliphatic carbocycles. The molecule has 0 N–H and O–H groups in total. The van der Waals surface area contributed by atoms with E-state index in [0.29, 0.717) is 12.8 Å². The van der Waals surface area contributed by atoms with Crippen LogP contribution in [0.4, 0.5) is 0 Å². The Bertz CT molecular complexity index is 218. The number of hydrogen-bond donors (Lipinski definition) is 0. The van der Waals surface area contributed by atoms with E-state index in [1.807, 2.05) is 6.08 Å². The average molecular weight is 160 g/mol. The van der Waals surface area contributed by atoms with E-state index in [1.165, 1.54) is 0 Å². The van der Waals surface area contributed by atoms with Gasteiger partial charge in [0.25, 0.3) is 0 Å². The fraction of sp³-hybridized carbons (Fsp3) is 0.400. The first-order valence-electron chi connectivity index (χ1n) is 3.89. The van der Waals surface area contributed by atoms with Crippen LogP contribution < -0.4 is 0 Å². The molecule has 2 heteroatoms. The molecule has 0 heterocycles. The SMILES string of the molecule is C=CC=C(CCC#N)CCC#N. The standard InChI is InChI=1S/C10H12N2/c1-2-5-10(6-3-8-11)7-4-9-12/h2,5H,1,3-4,6-7H2. The zero-order valence-electron chi connectivity index (χ0n) is 7.08. The highest BCUT2D eigenvalue weighted by molar-refractivity contribution is 5.12. The highest BCUT2D eigenvalue weighted by atomic mass is 14.2. The summed E-state index contributed by atoms with van der Waals surface area (Å²) in [7, 11) is 0. The molecule has 0 unspecified atom stereocenters. The van der Waals surface area contributed by atoms with Gasteiger partial charge in [-0.1, -0.05) is 24.3 Å². The van der Waals surface area contributed by atoms with Crippen molar-refractivity contribution in [2.24, 2.45) is 0 Å². The van der Waals surface area contributed by atoms with Crippen molar-refractivity contribution >= 4 is 0 Å². The number of nitriles is 2. The Morgan fingerprint density at radius 3 is 2.00 bits per heavy atom. The van der Waals surface area contributed by atoms with Gasteiger partial charge in [-0.2, -0.15) is 10.5 Å². The Hall–Kier alpha value is -1.54. The van der Waals surface area contributed by atoms with Gasteiger partial charge in [-0.25, -0.2) is 0 Å². The number of nitrogens with zero attached hydrogens (tertiary/aromatic N) is 2. The van der Waals surface area contributed by atoms with E-state index in [1.54, 1.807) is 6.08 Å². The molecule has 12 heavy (non-hydrogen) atoms. The summed E-state index contributed by atoms with van der Waals surface area (Å²) in [6.45, 7) is 3.57. The third kappa shape index (κ3) is 5.26. The lowest BCUT2D eigenvalue weighted by molar-refractivity contribution is 0.875. The summed E-state index contributed by atoms with van der Waals surface area (Å²) >= 11 is 0. The highest BCUT2D eigenvalue weighted by Crippen LogP contribution is 2.11. The number of allylic oxidation sites excluding steroid dienone is 3. The molecule has 0 fully saturated rings. The summed E-state index contributed by atoms with van der Waals surface area (Å²) in [5.41, 5.74) is 1.13. The van der Waals surface area contributed by atoms with Crippen LogP contribution in [0.25, 0.3) is 0 Å². The molecule has 0 aliphatic heterocycles. The molecule has 0 amide bonds. The average Bonchev–Trinajstić information content (AvgIpc) is 2.10. The van der Waals surface area contributed by atoms with Gasteiger partial charge in [0.2, 0.25) is 0 Å². The highest BCUT2D eigenvalue weighted by Gasteiger charge is 1.95.